The Hall–Kier alpha value is -1.50. The van der Waals surface area contributed by atoms with Crippen molar-refractivity contribution in [1.82, 2.24) is 0 Å². The van der Waals surface area contributed by atoms with Crippen LogP contribution in [-0.4, -0.2) is 6.54 Å². The largest absolute Gasteiger partial charge is 0.342 e. The second-order valence-electron chi connectivity index (χ2n) is 3.07. The zero-order chi connectivity index (χ0) is 10.4. The van der Waals surface area contributed by atoms with Crippen LogP contribution in [0.1, 0.15) is 13.8 Å². The number of nitrogens with zero attached hydrogens (tertiary/aromatic N) is 1. The van der Waals surface area contributed by atoms with E-state index in [4.69, 9.17) is 0 Å². The van der Waals surface area contributed by atoms with Crippen LogP contribution in [-0.2, 0) is 0 Å². The van der Waals surface area contributed by atoms with E-state index in [1.807, 2.05) is 37.3 Å². The predicted octanol–water partition coefficient (Wildman–Crippen LogP) is 3.60. The molecule has 1 aromatic carbocycles. The van der Waals surface area contributed by atoms with Crippen LogP contribution >= 0.6 is 0 Å². The number of likely N-dealkylation sites (N-methyl/N-ethyl adjacent to an activating group) is 1. The molecule has 0 N–H and O–H groups in total. The highest BCUT2D eigenvalue weighted by Crippen LogP contribution is 2.17. The van der Waals surface area contributed by atoms with Gasteiger partial charge < -0.3 is 4.90 Å². The predicted molar refractivity (Wildman–Crippen MR) is 63.4 cm³/mol. The topological polar surface area (TPSA) is 3.24 Å². The summed E-state index contributed by atoms with van der Waals surface area (Å²) in [5, 5.41) is 0. The van der Waals surface area contributed by atoms with Gasteiger partial charge >= 0.3 is 0 Å². The number of benzene rings is 1. The molecule has 0 aliphatic carbocycles. The zero-order valence-electron chi connectivity index (χ0n) is 8.90. The van der Waals surface area contributed by atoms with Gasteiger partial charge in [0.05, 0.1) is 0 Å². The molecule has 74 valence electrons. The molecule has 0 unspecified atom stereocenters. The number of hydrogen-bond acceptors (Lipinski definition) is 1. The lowest BCUT2D eigenvalue weighted by atomic mass is 10.2. The van der Waals surface area contributed by atoms with E-state index < -0.39 is 0 Å². The molecule has 0 aliphatic heterocycles. The maximum Gasteiger partial charge on any atom is 0.0410 e. The first kappa shape index (κ1) is 10.6. The molecule has 0 amide bonds. The third-order valence-corrected chi connectivity index (χ3v) is 2.09. The fourth-order valence-electron chi connectivity index (χ4n) is 1.44. The lowest BCUT2D eigenvalue weighted by Gasteiger charge is -2.23. The third kappa shape index (κ3) is 2.49. The van der Waals surface area contributed by atoms with E-state index in [0.29, 0.717) is 0 Å². The van der Waals surface area contributed by atoms with Crippen LogP contribution in [0.25, 0.3) is 0 Å². The number of anilines is 1. The smallest absolute Gasteiger partial charge is 0.0410 e. The first-order chi connectivity index (χ1) is 6.79. The van der Waals surface area contributed by atoms with E-state index in [2.05, 4.69) is 30.5 Å². The van der Waals surface area contributed by atoms with Crippen molar-refractivity contribution in [2.75, 3.05) is 11.4 Å². The summed E-state index contributed by atoms with van der Waals surface area (Å²) < 4.78 is 0. The van der Waals surface area contributed by atoms with Gasteiger partial charge in [-0.2, -0.15) is 0 Å². The maximum atomic E-state index is 4.03. The van der Waals surface area contributed by atoms with Crippen LogP contribution in [0.5, 0.6) is 0 Å². The Kier molecular flexibility index (Phi) is 3.99. The molecule has 0 heterocycles. The van der Waals surface area contributed by atoms with Gasteiger partial charge in [0.25, 0.3) is 0 Å². The fourth-order valence-corrected chi connectivity index (χ4v) is 1.44. The van der Waals surface area contributed by atoms with Gasteiger partial charge in [0.2, 0.25) is 0 Å². The van der Waals surface area contributed by atoms with E-state index in [9.17, 15) is 0 Å². The third-order valence-electron chi connectivity index (χ3n) is 2.09. The lowest BCUT2D eigenvalue weighted by molar-refractivity contribution is 0.982. The van der Waals surface area contributed by atoms with Crippen molar-refractivity contribution in [3.05, 3.63) is 54.8 Å². The van der Waals surface area contributed by atoms with Crippen molar-refractivity contribution >= 4 is 5.69 Å². The standard InChI is InChI=1S/C13H17N/c1-4-9-12(3)14(5-2)13-10-7-6-8-11-13/h4,6-11H,3,5H2,1-2H3/b9-4-. The molecule has 14 heavy (non-hydrogen) atoms. The first-order valence-electron chi connectivity index (χ1n) is 4.93. The summed E-state index contributed by atoms with van der Waals surface area (Å²) in [6, 6.07) is 10.3. The van der Waals surface area contributed by atoms with Gasteiger partial charge in [0.15, 0.2) is 0 Å². The molecule has 0 fully saturated rings. The zero-order valence-corrected chi connectivity index (χ0v) is 8.90. The SMILES string of the molecule is C=C(/C=C\C)N(CC)c1ccccc1. The van der Waals surface area contributed by atoms with Crippen molar-refractivity contribution in [2.45, 2.75) is 13.8 Å². The summed E-state index contributed by atoms with van der Waals surface area (Å²) in [5.41, 5.74) is 2.22. The van der Waals surface area contributed by atoms with Crippen LogP contribution in [0, 0.1) is 0 Å². The molecule has 1 heteroatoms. The molecule has 0 saturated carbocycles. The number of allylic oxidation sites excluding steroid dienone is 2. The monoisotopic (exact) mass is 187 g/mol. The molecule has 0 atom stereocenters. The van der Waals surface area contributed by atoms with Crippen molar-refractivity contribution in [2.24, 2.45) is 0 Å². The minimum Gasteiger partial charge on any atom is -0.342 e. The molecule has 1 aromatic rings. The minimum atomic E-state index is 0.938. The molecule has 0 radical (unpaired) electrons. The Bertz CT molecular complexity index is 311. The van der Waals surface area contributed by atoms with Gasteiger partial charge in [-0.1, -0.05) is 30.9 Å². The Morgan fingerprint density at radius 3 is 2.50 bits per heavy atom. The quantitative estimate of drug-likeness (QED) is 0.651. The maximum absolute atomic E-state index is 4.03. The van der Waals surface area contributed by atoms with Gasteiger partial charge in [-0.3, -0.25) is 0 Å². The second-order valence-corrected chi connectivity index (χ2v) is 3.07. The van der Waals surface area contributed by atoms with Gasteiger partial charge in [-0.05, 0) is 32.1 Å². The van der Waals surface area contributed by atoms with Crippen molar-refractivity contribution in [3.8, 4) is 0 Å². The molecule has 1 nitrogen and oxygen atoms in total. The summed E-state index contributed by atoms with van der Waals surface area (Å²) >= 11 is 0. The van der Waals surface area contributed by atoms with Crippen LogP contribution < -0.4 is 4.90 Å². The van der Waals surface area contributed by atoms with Crippen LogP contribution in [0.3, 0.4) is 0 Å². The molecular formula is C13H17N. The Morgan fingerprint density at radius 2 is 2.00 bits per heavy atom. The summed E-state index contributed by atoms with van der Waals surface area (Å²) in [7, 11) is 0. The fraction of sp³-hybridized carbons (Fsp3) is 0.231. The Labute approximate surface area is 86.4 Å². The van der Waals surface area contributed by atoms with Crippen molar-refractivity contribution < 1.29 is 0 Å². The number of rotatable bonds is 4. The Balaban J connectivity index is 2.88. The number of hydrogen-bond donors (Lipinski definition) is 0. The average molecular weight is 187 g/mol. The molecule has 0 bridgehead atoms. The Morgan fingerprint density at radius 1 is 1.36 bits per heavy atom. The summed E-state index contributed by atoms with van der Waals surface area (Å²) in [5.74, 6) is 0. The van der Waals surface area contributed by atoms with Crippen molar-refractivity contribution in [1.29, 1.82) is 0 Å². The summed E-state index contributed by atoms with van der Waals surface area (Å²) in [4.78, 5) is 2.18. The van der Waals surface area contributed by atoms with E-state index in [1.165, 1.54) is 5.69 Å². The van der Waals surface area contributed by atoms with E-state index in [-0.39, 0.29) is 0 Å². The average Bonchev–Trinajstić information content (AvgIpc) is 2.21. The summed E-state index contributed by atoms with van der Waals surface area (Å²) in [6.45, 7) is 9.10. The summed E-state index contributed by atoms with van der Waals surface area (Å²) in [6.07, 6.45) is 4.03. The minimum absolute atomic E-state index is 0.938. The van der Waals surface area contributed by atoms with Crippen LogP contribution in [0.2, 0.25) is 0 Å². The van der Waals surface area contributed by atoms with Gasteiger partial charge in [-0.25, -0.2) is 0 Å². The lowest BCUT2D eigenvalue weighted by Crippen LogP contribution is -2.19. The molecule has 0 aromatic heterocycles. The molecule has 0 aliphatic rings. The highest BCUT2D eigenvalue weighted by molar-refractivity contribution is 5.53. The first-order valence-corrected chi connectivity index (χ1v) is 4.93. The molecule has 0 spiro atoms. The van der Waals surface area contributed by atoms with Crippen LogP contribution in [0.15, 0.2) is 54.8 Å². The second kappa shape index (κ2) is 5.28. The van der Waals surface area contributed by atoms with Crippen molar-refractivity contribution in [3.63, 3.8) is 0 Å². The normalized spacial score (nSPS) is 10.4. The molecule has 0 saturated heterocycles. The van der Waals surface area contributed by atoms with E-state index in [0.717, 1.165) is 12.2 Å². The molecular weight excluding hydrogens is 170 g/mol. The molecule has 1 rings (SSSR count). The van der Waals surface area contributed by atoms with Gasteiger partial charge in [0.1, 0.15) is 0 Å². The highest BCUT2D eigenvalue weighted by Gasteiger charge is 2.03. The number of para-hydroxylation sites is 1. The van der Waals surface area contributed by atoms with Gasteiger partial charge in [-0.15, -0.1) is 0 Å². The highest BCUT2D eigenvalue weighted by atomic mass is 15.1. The van der Waals surface area contributed by atoms with E-state index in [1.54, 1.807) is 0 Å². The van der Waals surface area contributed by atoms with Gasteiger partial charge in [0, 0.05) is 17.9 Å². The van der Waals surface area contributed by atoms with E-state index >= 15 is 0 Å². The van der Waals surface area contributed by atoms with Crippen LogP contribution in [0.4, 0.5) is 5.69 Å².